The molecule has 0 saturated heterocycles. The highest BCUT2D eigenvalue weighted by Gasteiger charge is 2.43. The van der Waals surface area contributed by atoms with Gasteiger partial charge in [-0.05, 0) is 42.9 Å². The Morgan fingerprint density at radius 2 is 1.46 bits per heavy atom. The van der Waals surface area contributed by atoms with Crippen molar-refractivity contribution in [1.82, 2.24) is 4.31 Å². The monoisotopic (exact) mass is 399 g/mol. The van der Waals surface area contributed by atoms with Crippen LogP contribution in [0.5, 0.6) is 0 Å². The lowest BCUT2D eigenvalue weighted by molar-refractivity contribution is -0.143. The minimum atomic E-state index is -5.10. The molecule has 0 N–H and O–H groups in total. The lowest BCUT2D eigenvalue weighted by atomic mass is 10.0. The molecule has 0 aliphatic heterocycles. The van der Waals surface area contributed by atoms with Gasteiger partial charge in [-0.3, -0.25) is 0 Å². The molecule has 0 unspecified atom stereocenters. The Kier molecular flexibility index (Phi) is 4.42. The summed E-state index contributed by atoms with van der Waals surface area (Å²) in [6, 6.07) is -0.0491. The molecule has 1 fully saturated rings. The van der Waals surface area contributed by atoms with E-state index in [9.17, 15) is 34.8 Å². The Labute approximate surface area is 146 Å². The van der Waals surface area contributed by atoms with Gasteiger partial charge in [-0.1, -0.05) is 12.2 Å². The second-order valence-electron chi connectivity index (χ2n) is 6.61. The third-order valence-electron chi connectivity index (χ3n) is 4.95. The number of rotatable bonds is 3. The molecule has 26 heavy (non-hydrogen) atoms. The van der Waals surface area contributed by atoms with Crippen LogP contribution >= 0.6 is 0 Å². The second-order valence-corrected chi connectivity index (χ2v) is 8.61. The molecule has 144 valence electrons. The van der Waals surface area contributed by atoms with Gasteiger partial charge >= 0.3 is 12.4 Å². The highest BCUT2D eigenvalue weighted by molar-refractivity contribution is 7.89. The van der Waals surface area contributed by atoms with Crippen molar-refractivity contribution in [3.8, 4) is 0 Å². The van der Waals surface area contributed by atoms with E-state index in [-0.39, 0.29) is 30.0 Å². The summed E-state index contributed by atoms with van der Waals surface area (Å²) in [6.07, 6.45) is -5.16. The zero-order valence-electron chi connectivity index (χ0n) is 13.5. The van der Waals surface area contributed by atoms with Crippen LogP contribution in [-0.4, -0.2) is 25.8 Å². The largest absolute Gasteiger partial charge is 0.416 e. The van der Waals surface area contributed by atoms with Crippen molar-refractivity contribution in [1.29, 1.82) is 0 Å². The Hall–Kier alpha value is -1.55. The topological polar surface area (TPSA) is 37.4 Å². The van der Waals surface area contributed by atoms with Crippen molar-refractivity contribution >= 4 is 10.0 Å². The average molecular weight is 399 g/mol. The molecule has 2 aliphatic rings. The predicted octanol–water partition coefficient (Wildman–Crippen LogP) is 4.31. The normalized spacial score (nSPS) is 26.1. The van der Waals surface area contributed by atoms with Gasteiger partial charge in [-0.2, -0.15) is 30.6 Å². The van der Waals surface area contributed by atoms with E-state index >= 15 is 0 Å². The van der Waals surface area contributed by atoms with Gasteiger partial charge in [0.05, 0.1) is 16.0 Å². The predicted molar refractivity (Wildman–Crippen MR) is 80.5 cm³/mol. The van der Waals surface area contributed by atoms with Crippen LogP contribution < -0.4 is 0 Å². The van der Waals surface area contributed by atoms with Crippen LogP contribution in [-0.2, 0) is 22.4 Å². The minimum Gasteiger partial charge on any atom is -0.207 e. The first kappa shape index (κ1) is 19.2. The molecule has 0 radical (unpaired) electrons. The van der Waals surface area contributed by atoms with Gasteiger partial charge < -0.3 is 0 Å². The van der Waals surface area contributed by atoms with Crippen molar-refractivity contribution < 1.29 is 34.8 Å². The number of sulfonamides is 1. The molecule has 3 nitrogen and oxygen atoms in total. The molecule has 0 aromatic heterocycles. The van der Waals surface area contributed by atoms with Crippen molar-refractivity contribution in [3.05, 3.63) is 41.5 Å². The molecule has 1 saturated carbocycles. The maximum absolute atomic E-state index is 13.0. The fraction of sp³-hybridized carbons (Fsp3) is 0.500. The van der Waals surface area contributed by atoms with Crippen LogP contribution in [0.3, 0.4) is 0 Å². The fourth-order valence-electron chi connectivity index (χ4n) is 3.59. The van der Waals surface area contributed by atoms with Crippen molar-refractivity contribution in [2.45, 2.75) is 36.1 Å². The Morgan fingerprint density at radius 3 is 1.85 bits per heavy atom. The van der Waals surface area contributed by atoms with Crippen molar-refractivity contribution in [3.63, 3.8) is 0 Å². The van der Waals surface area contributed by atoms with Crippen LogP contribution in [0.15, 0.2) is 35.2 Å². The molecule has 3 rings (SSSR count). The van der Waals surface area contributed by atoms with E-state index in [1.54, 1.807) is 0 Å². The lowest BCUT2D eigenvalue weighted by Gasteiger charge is -2.29. The van der Waals surface area contributed by atoms with E-state index in [2.05, 4.69) is 0 Å². The molecule has 1 aromatic rings. The number of fused-ring (bicyclic) bond motifs is 2. The van der Waals surface area contributed by atoms with Crippen LogP contribution in [0.25, 0.3) is 0 Å². The first-order valence-corrected chi connectivity index (χ1v) is 9.20. The Morgan fingerprint density at radius 1 is 0.923 bits per heavy atom. The third kappa shape index (κ3) is 3.36. The van der Waals surface area contributed by atoms with E-state index < -0.39 is 44.4 Å². The number of nitrogens with zero attached hydrogens (tertiary/aromatic N) is 1. The molecule has 1 aromatic carbocycles. The molecule has 0 heterocycles. The number of alkyl halides is 6. The lowest BCUT2D eigenvalue weighted by Crippen LogP contribution is -2.39. The van der Waals surface area contributed by atoms with Crippen LogP contribution in [0.2, 0.25) is 0 Å². The van der Waals surface area contributed by atoms with Gasteiger partial charge in [0.15, 0.2) is 0 Å². The van der Waals surface area contributed by atoms with Crippen LogP contribution in [0.1, 0.15) is 24.0 Å². The summed E-state index contributed by atoms with van der Waals surface area (Å²) >= 11 is 0. The maximum Gasteiger partial charge on any atom is 0.416 e. The molecule has 3 atom stereocenters. The first-order valence-electron chi connectivity index (χ1n) is 7.76. The molecule has 2 bridgehead atoms. The van der Waals surface area contributed by atoms with Gasteiger partial charge in [-0.15, -0.1) is 0 Å². The Balaban J connectivity index is 2.05. The molecular weight excluding hydrogens is 384 g/mol. The van der Waals surface area contributed by atoms with Gasteiger partial charge in [0.25, 0.3) is 0 Å². The summed E-state index contributed by atoms with van der Waals surface area (Å²) in [5.41, 5.74) is -3.29. The van der Waals surface area contributed by atoms with Gasteiger partial charge in [-0.25, -0.2) is 8.42 Å². The smallest absolute Gasteiger partial charge is 0.207 e. The molecule has 0 spiro atoms. The third-order valence-corrected chi connectivity index (χ3v) is 6.81. The summed E-state index contributed by atoms with van der Waals surface area (Å²) in [5, 5.41) is 0. The summed E-state index contributed by atoms with van der Waals surface area (Å²) in [4.78, 5) is -1.01. The highest BCUT2D eigenvalue weighted by atomic mass is 32.2. The van der Waals surface area contributed by atoms with Gasteiger partial charge in [0.1, 0.15) is 0 Å². The standard InChI is InChI=1S/C16H15F6NO2S/c1-23(14-5-9-2-3-10(14)4-9)26(24,25)13-7-11(15(17,18)19)6-12(8-13)16(20,21)22/h2-3,6-10,14H,4-5H2,1H3/t9-,10-,14+/m0/s1. The first-order chi connectivity index (χ1) is 11.8. The quantitative estimate of drug-likeness (QED) is 0.561. The number of hydrogen-bond acceptors (Lipinski definition) is 2. The summed E-state index contributed by atoms with van der Waals surface area (Å²) < 4.78 is 104. The molecular formula is C16H15F6NO2S. The van der Waals surface area contributed by atoms with Crippen molar-refractivity contribution in [2.75, 3.05) is 7.05 Å². The van der Waals surface area contributed by atoms with E-state index in [4.69, 9.17) is 0 Å². The SMILES string of the molecule is CN([C@@H]1C[C@H]2C=C[C@H]1C2)S(=O)(=O)c1cc(C(F)(F)F)cc(C(F)(F)F)c1. The molecule has 2 aliphatic carbocycles. The zero-order valence-corrected chi connectivity index (χ0v) is 14.3. The number of benzene rings is 1. The number of hydrogen-bond donors (Lipinski definition) is 0. The summed E-state index contributed by atoms with van der Waals surface area (Å²) in [5.74, 6) is 0.113. The minimum absolute atomic E-state index is 0.0762. The summed E-state index contributed by atoms with van der Waals surface area (Å²) in [7, 11) is -3.31. The zero-order chi connectivity index (χ0) is 19.5. The fourth-order valence-corrected chi connectivity index (χ4v) is 5.07. The number of allylic oxidation sites excluding steroid dienone is 1. The second kappa shape index (κ2) is 5.98. The van der Waals surface area contributed by atoms with Crippen LogP contribution in [0, 0.1) is 11.8 Å². The van der Waals surface area contributed by atoms with E-state index in [0.717, 1.165) is 10.7 Å². The van der Waals surface area contributed by atoms with Crippen LogP contribution in [0.4, 0.5) is 26.3 Å². The van der Waals surface area contributed by atoms with E-state index in [0.29, 0.717) is 6.42 Å². The van der Waals surface area contributed by atoms with Gasteiger partial charge in [0, 0.05) is 13.1 Å². The van der Waals surface area contributed by atoms with E-state index in [1.807, 2.05) is 12.2 Å². The average Bonchev–Trinajstić information content (AvgIpc) is 3.15. The molecule has 0 amide bonds. The number of halogens is 6. The van der Waals surface area contributed by atoms with Crippen molar-refractivity contribution in [2.24, 2.45) is 11.8 Å². The highest BCUT2D eigenvalue weighted by Crippen LogP contribution is 2.43. The molecule has 10 heteroatoms. The summed E-state index contributed by atoms with van der Waals surface area (Å²) in [6.45, 7) is 0. The van der Waals surface area contributed by atoms with Gasteiger partial charge in [0.2, 0.25) is 10.0 Å². The maximum atomic E-state index is 13.0. The van der Waals surface area contributed by atoms with E-state index in [1.165, 1.54) is 7.05 Å². The Bertz CT molecular complexity index is 811.